The molecule has 3 aromatic carbocycles. The minimum atomic E-state index is -3.95. The van der Waals surface area contributed by atoms with E-state index >= 15 is 0 Å². The van der Waals surface area contributed by atoms with Crippen LogP contribution in [-0.2, 0) is 16.3 Å². The Morgan fingerprint density at radius 1 is 0.929 bits per heavy atom. The van der Waals surface area contributed by atoms with Gasteiger partial charge in [-0.2, -0.15) is 0 Å². The van der Waals surface area contributed by atoms with E-state index in [1.807, 2.05) is 31.2 Å². The molecule has 1 atom stereocenters. The van der Waals surface area contributed by atoms with Crippen molar-refractivity contribution < 1.29 is 17.2 Å². The predicted octanol–water partition coefficient (Wildman–Crippen LogP) is 6.07. The molecule has 146 valence electrons. The average molecular weight is 421 g/mol. The van der Waals surface area contributed by atoms with Crippen molar-refractivity contribution in [3.8, 4) is 0 Å². The Kier molecular flexibility index (Phi) is 6.16. The summed E-state index contributed by atoms with van der Waals surface area (Å²) in [6.45, 7) is 1.96. The first-order chi connectivity index (χ1) is 13.3. The number of hydrogen-bond donors (Lipinski definition) is 0. The van der Waals surface area contributed by atoms with Gasteiger partial charge in [-0.25, -0.2) is 17.2 Å². The van der Waals surface area contributed by atoms with Crippen LogP contribution in [0, 0.1) is 18.6 Å². The molecule has 0 fully saturated rings. The summed E-state index contributed by atoms with van der Waals surface area (Å²) in [7, 11) is -3.95. The van der Waals surface area contributed by atoms with Crippen LogP contribution in [0.1, 0.15) is 28.4 Å². The number of sulfone groups is 1. The maximum Gasteiger partial charge on any atom is 0.185 e. The lowest BCUT2D eigenvalue weighted by Crippen LogP contribution is -2.16. The smallest absolute Gasteiger partial charge is 0.185 e. The van der Waals surface area contributed by atoms with Crippen LogP contribution in [0.4, 0.5) is 8.78 Å². The summed E-state index contributed by atoms with van der Waals surface area (Å²) in [6, 6.07) is 16.3. The molecule has 3 aromatic rings. The van der Waals surface area contributed by atoms with E-state index in [1.165, 1.54) is 24.3 Å². The Labute approximate surface area is 168 Å². The number of aryl methyl sites for hydroxylation is 2. The summed E-state index contributed by atoms with van der Waals surface area (Å²) in [5.74, 6) is -1.42. The predicted molar refractivity (Wildman–Crippen MR) is 107 cm³/mol. The van der Waals surface area contributed by atoms with Gasteiger partial charge < -0.3 is 0 Å². The Morgan fingerprint density at radius 2 is 1.57 bits per heavy atom. The van der Waals surface area contributed by atoms with Gasteiger partial charge in [-0.3, -0.25) is 0 Å². The molecule has 0 radical (unpaired) electrons. The van der Waals surface area contributed by atoms with Crippen LogP contribution in [0.3, 0.4) is 0 Å². The molecule has 0 N–H and O–H groups in total. The first kappa shape index (κ1) is 20.5. The van der Waals surface area contributed by atoms with Gasteiger partial charge in [0.15, 0.2) is 9.84 Å². The summed E-state index contributed by atoms with van der Waals surface area (Å²) >= 11 is 5.85. The van der Waals surface area contributed by atoms with Crippen molar-refractivity contribution in [1.29, 1.82) is 0 Å². The highest BCUT2D eigenvalue weighted by molar-refractivity contribution is 7.91. The molecule has 0 saturated carbocycles. The van der Waals surface area contributed by atoms with Gasteiger partial charge in [0.25, 0.3) is 0 Å². The lowest BCUT2D eigenvalue weighted by Gasteiger charge is -2.19. The van der Waals surface area contributed by atoms with E-state index in [0.29, 0.717) is 11.4 Å². The Balaban J connectivity index is 2.01. The molecular formula is C22H19ClF2O2S. The Bertz CT molecular complexity index is 1060. The van der Waals surface area contributed by atoms with Gasteiger partial charge in [0.05, 0.1) is 10.1 Å². The van der Waals surface area contributed by atoms with E-state index in [2.05, 4.69) is 0 Å². The highest BCUT2D eigenvalue weighted by Gasteiger charge is 2.31. The van der Waals surface area contributed by atoms with Crippen molar-refractivity contribution >= 4 is 21.4 Å². The van der Waals surface area contributed by atoms with Gasteiger partial charge in [-0.05, 0) is 67.8 Å². The fourth-order valence-corrected chi connectivity index (χ4v) is 4.99. The SMILES string of the molecule is Cc1ccc(CCC(c2cc(F)ccc2F)S(=O)(=O)c2ccc(Cl)cc2)cc1. The fourth-order valence-electron chi connectivity index (χ4n) is 3.08. The molecule has 28 heavy (non-hydrogen) atoms. The van der Waals surface area contributed by atoms with Crippen molar-refractivity contribution in [3.63, 3.8) is 0 Å². The van der Waals surface area contributed by atoms with E-state index in [1.54, 1.807) is 0 Å². The van der Waals surface area contributed by atoms with Crippen LogP contribution in [0.25, 0.3) is 0 Å². The number of hydrogen-bond acceptors (Lipinski definition) is 2. The molecule has 0 aliphatic rings. The van der Waals surface area contributed by atoms with Gasteiger partial charge in [-0.15, -0.1) is 0 Å². The van der Waals surface area contributed by atoms with Gasteiger partial charge >= 0.3 is 0 Å². The van der Waals surface area contributed by atoms with Gasteiger partial charge in [-0.1, -0.05) is 41.4 Å². The van der Waals surface area contributed by atoms with Crippen LogP contribution in [-0.4, -0.2) is 8.42 Å². The first-order valence-electron chi connectivity index (χ1n) is 8.77. The van der Waals surface area contributed by atoms with Crippen LogP contribution < -0.4 is 0 Å². The Hall–Kier alpha value is -2.24. The molecule has 6 heteroatoms. The third-order valence-electron chi connectivity index (χ3n) is 4.64. The quantitative estimate of drug-likeness (QED) is 0.484. The van der Waals surface area contributed by atoms with E-state index in [0.717, 1.165) is 29.3 Å². The molecule has 0 amide bonds. The molecule has 1 unspecified atom stereocenters. The molecule has 2 nitrogen and oxygen atoms in total. The third kappa shape index (κ3) is 4.59. The summed E-state index contributed by atoms with van der Waals surface area (Å²) < 4.78 is 54.7. The summed E-state index contributed by atoms with van der Waals surface area (Å²) in [6.07, 6.45) is 0.530. The second-order valence-corrected chi connectivity index (χ2v) is 9.24. The lowest BCUT2D eigenvalue weighted by atomic mass is 10.0. The fraction of sp³-hybridized carbons (Fsp3) is 0.182. The number of rotatable bonds is 6. The van der Waals surface area contributed by atoms with Crippen molar-refractivity contribution in [2.24, 2.45) is 0 Å². The summed E-state index contributed by atoms with van der Waals surface area (Å²) in [5, 5.41) is -0.822. The largest absolute Gasteiger partial charge is 0.223 e. The van der Waals surface area contributed by atoms with E-state index in [4.69, 9.17) is 11.6 Å². The second-order valence-electron chi connectivity index (χ2n) is 6.68. The van der Waals surface area contributed by atoms with Crippen molar-refractivity contribution in [2.75, 3.05) is 0 Å². The standard InChI is InChI=1S/C22H19ClF2O2S/c1-15-2-4-16(5-3-15)6-13-22(20-14-18(24)9-12-21(20)25)28(26,27)19-10-7-17(23)8-11-19/h2-5,7-12,14,22H,6,13H2,1H3. The van der Waals surface area contributed by atoms with E-state index in [-0.39, 0.29) is 16.9 Å². The molecule has 0 bridgehead atoms. The molecule has 0 aromatic heterocycles. The topological polar surface area (TPSA) is 34.1 Å². The first-order valence-corrected chi connectivity index (χ1v) is 10.7. The van der Waals surface area contributed by atoms with Gasteiger partial charge in [0, 0.05) is 10.6 Å². The van der Waals surface area contributed by atoms with Crippen molar-refractivity contribution in [1.82, 2.24) is 0 Å². The van der Waals surface area contributed by atoms with Gasteiger partial charge in [0.2, 0.25) is 0 Å². The minimum Gasteiger partial charge on any atom is -0.223 e. The zero-order valence-electron chi connectivity index (χ0n) is 15.2. The molecule has 0 spiro atoms. The zero-order valence-corrected chi connectivity index (χ0v) is 16.8. The minimum absolute atomic E-state index is 0.0227. The van der Waals surface area contributed by atoms with Crippen LogP contribution >= 0.6 is 11.6 Å². The zero-order chi connectivity index (χ0) is 20.3. The third-order valence-corrected chi connectivity index (χ3v) is 7.06. The highest BCUT2D eigenvalue weighted by atomic mass is 35.5. The lowest BCUT2D eigenvalue weighted by molar-refractivity contribution is 0.551. The summed E-state index contributed by atoms with van der Waals surface area (Å²) in [5.41, 5.74) is 1.85. The molecule has 0 aliphatic heterocycles. The van der Waals surface area contributed by atoms with Crippen molar-refractivity contribution in [2.45, 2.75) is 29.9 Å². The molecule has 0 aliphatic carbocycles. The second kappa shape index (κ2) is 8.41. The molecule has 0 heterocycles. The highest BCUT2D eigenvalue weighted by Crippen LogP contribution is 2.35. The molecule has 3 rings (SSSR count). The molecular weight excluding hydrogens is 402 g/mol. The number of benzene rings is 3. The van der Waals surface area contributed by atoms with Crippen LogP contribution in [0.5, 0.6) is 0 Å². The monoisotopic (exact) mass is 420 g/mol. The average Bonchev–Trinajstić information content (AvgIpc) is 2.66. The van der Waals surface area contributed by atoms with E-state index < -0.39 is 26.7 Å². The normalized spacial score (nSPS) is 12.7. The van der Waals surface area contributed by atoms with Gasteiger partial charge in [0.1, 0.15) is 11.6 Å². The maximum absolute atomic E-state index is 14.5. The molecule has 0 saturated heterocycles. The van der Waals surface area contributed by atoms with Crippen molar-refractivity contribution in [3.05, 3.63) is 100 Å². The van der Waals surface area contributed by atoms with E-state index in [9.17, 15) is 17.2 Å². The van der Waals surface area contributed by atoms with Crippen LogP contribution in [0.15, 0.2) is 71.6 Å². The Morgan fingerprint density at radius 3 is 2.21 bits per heavy atom. The summed E-state index contributed by atoms with van der Waals surface area (Å²) in [4.78, 5) is 0.0227. The van der Waals surface area contributed by atoms with Crippen LogP contribution in [0.2, 0.25) is 5.02 Å². The maximum atomic E-state index is 14.5. The number of halogens is 3.